The summed E-state index contributed by atoms with van der Waals surface area (Å²) in [6, 6.07) is 8.67. The van der Waals surface area contributed by atoms with Gasteiger partial charge in [-0.05, 0) is 42.2 Å². The second-order valence-electron chi connectivity index (χ2n) is 7.80. The van der Waals surface area contributed by atoms with Crippen LogP contribution in [0.4, 0.5) is 14.5 Å². The first-order valence-corrected chi connectivity index (χ1v) is 9.30. The van der Waals surface area contributed by atoms with Gasteiger partial charge in [0.15, 0.2) is 6.61 Å². The maximum absolute atomic E-state index is 13.5. The van der Waals surface area contributed by atoms with Crippen LogP contribution in [-0.2, 0) is 19.7 Å². The molecule has 6 nitrogen and oxygen atoms in total. The number of hydrogen-bond acceptors (Lipinski definition) is 4. The summed E-state index contributed by atoms with van der Waals surface area (Å²) in [5, 5.41) is 4.67. The molecule has 2 N–H and O–H groups in total. The van der Waals surface area contributed by atoms with Crippen molar-refractivity contribution < 1.29 is 27.9 Å². The fraction of sp³-hybridized carbons (Fsp3) is 0.318. The van der Waals surface area contributed by atoms with Crippen molar-refractivity contribution in [1.82, 2.24) is 5.32 Å². The van der Waals surface area contributed by atoms with E-state index in [9.17, 15) is 23.2 Å². The molecule has 0 saturated carbocycles. The zero-order chi connectivity index (χ0) is 22.5. The Bertz CT molecular complexity index is 937. The fourth-order valence-corrected chi connectivity index (χ4v) is 2.50. The number of carbonyl (C=O) groups excluding carboxylic acids is 3. The topological polar surface area (TPSA) is 84.5 Å². The van der Waals surface area contributed by atoms with Gasteiger partial charge in [-0.25, -0.2) is 13.6 Å². The largest absolute Gasteiger partial charge is 0.454 e. The van der Waals surface area contributed by atoms with Gasteiger partial charge >= 0.3 is 5.97 Å². The highest BCUT2D eigenvalue weighted by atomic mass is 19.1. The van der Waals surface area contributed by atoms with E-state index in [-0.39, 0.29) is 11.1 Å². The van der Waals surface area contributed by atoms with Gasteiger partial charge in [0.1, 0.15) is 17.7 Å². The van der Waals surface area contributed by atoms with E-state index >= 15 is 0 Å². The van der Waals surface area contributed by atoms with Crippen LogP contribution in [0.3, 0.4) is 0 Å². The van der Waals surface area contributed by atoms with Crippen molar-refractivity contribution >= 4 is 23.5 Å². The summed E-state index contributed by atoms with van der Waals surface area (Å²) in [6.07, 6.45) is 0. The van der Waals surface area contributed by atoms with Crippen molar-refractivity contribution in [3.63, 3.8) is 0 Å². The second kappa shape index (κ2) is 9.47. The van der Waals surface area contributed by atoms with Crippen molar-refractivity contribution in [3.8, 4) is 0 Å². The van der Waals surface area contributed by atoms with Crippen LogP contribution in [0.1, 0.15) is 43.6 Å². The van der Waals surface area contributed by atoms with Gasteiger partial charge in [-0.15, -0.1) is 0 Å². The summed E-state index contributed by atoms with van der Waals surface area (Å²) in [5.41, 5.74) is 1.16. The number of hydrogen-bond donors (Lipinski definition) is 2. The standard InChI is InChI=1S/C22H24F2N2O4/c1-13(25-20(28)14-5-7-15(8-6-14)22(2,3)4)21(29)30-12-19(27)26-18-10-9-16(23)11-17(18)24/h5-11,13H,12H2,1-4H3,(H,25,28)(H,26,27)/t13-/m0/s1. The maximum atomic E-state index is 13.5. The zero-order valence-electron chi connectivity index (χ0n) is 17.2. The molecule has 0 saturated heterocycles. The molecule has 0 radical (unpaired) electrons. The van der Waals surface area contributed by atoms with E-state index < -0.39 is 42.1 Å². The average Bonchev–Trinajstić information content (AvgIpc) is 2.67. The van der Waals surface area contributed by atoms with Crippen molar-refractivity contribution in [2.45, 2.75) is 39.2 Å². The molecule has 1 atom stereocenters. The molecule has 0 unspecified atom stereocenters. The number of anilines is 1. The molecule has 0 bridgehead atoms. The van der Waals surface area contributed by atoms with Gasteiger partial charge in [0.05, 0.1) is 5.69 Å². The van der Waals surface area contributed by atoms with E-state index in [1.165, 1.54) is 6.92 Å². The Morgan fingerprint density at radius 3 is 2.23 bits per heavy atom. The summed E-state index contributed by atoms with van der Waals surface area (Å²) in [5.74, 6) is -3.82. The highest BCUT2D eigenvalue weighted by Gasteiger charge is 2.20. The number of halogens is 2. The number of nitrogens with one attached hydrogen (secondary N) is 2. The van der Waals surface area contributed by atoms with Crippen LogP contribution in [0.5, 0.6) is 0 Å². The minimum absolute atomic E-state index is 0.0521. The molecule has 0 aromatic heterocycles. The molecule has 0 aliphatic heterocycles. The normalized spacial score (nSPS) is 12.1. The SMILES string of the molecule is C[C@H](NC(=O)c1ccc(C(C)(C)C)cc1)C(=O)OCC(=O)Nc1ccc(F)cc1F. The molecule has 0 fully saturated rings. The Morgan fingerprint density at radius 1 is 1.03 bits per heavy atom. The number of esters is 1. The van der Waals surface area contributed by atoms with E-state index in [0.717, 1.165) is 17.7 Å². The zero-order valence-corrected chi connectivity index (χ0v) is 17.2. The molecular weight excluding hydrogens is 394 g/mol. The fourth-order valence-electron chi connectivity index (χ4n) is 2.50. The van der Waals surface area contributed by atoms with Crippen LogP contribution < -0.4 is 10.6 Å². The molecule has 30 heavy (non-hydrogen) atoms. The monoisotopic (exact) mass is 418 g/mol. The highest BCUT2D eigenvalue weighted by Crippen LogP contribution is 2.22. The molecule has 160 valence electrons. The van der Waals surface area contributed by atoms with Gasteiger partial charge in [-0.1, -0.05) is 32.9 Å². The number of benzene rings is 2. The van der Waals surface area contributed by atoms with Crippen molar-refractivity contribution in [1.29, 1.82) is 0 Å². The summed E-state index contributed by atoms with van der Waals surface area (Å²) < 4.78 is 31.2. The van der Waals surface area contributed by atoms with Crippen LogP contribution in [0.15, 0.2) is 42.5 Å². The van der Waals surface area contributed by atoms with Crippen molar-refractivity contribution in [2.24, 2.45) is 0 Å². The lowest BCUT2D eigenvalue weighted by molar-refractivity contribution is -0.148. The number of carbonyl (C=O) groups is 3. The van der Waals surface area contributed by atoms with E-state index in [1.54, 1.807) is 12.1 Å². The van der Waals surface area contributed by atoms with Gasteiger partial charge < -0.3 is 15.4 Å². The van der Waals surface area contributed by atoms with Crippen LogP contribution in [-0.4, -0.2) is 30.4 Å². The number of rotatable bonds is 6. The Balaban J connectivity index is 1.85. The summed E-state index contributed by atoms with van der Waals surface area (Å²) >= 11 is 0. The predicted molar refractivity (Wildman–Crippen MR) is 108 cm³/mol. The molecule has 2 aromatic rings. The van der Waals surface area contributed by atoms with Crippen molar-refractivity contribution in [3.05, 3.63) is 65.2 Å². The summed E-state index contributed by atoms with van der Waals surface area (Å²) in [6.45, 7) is 6.90. The lowest BCUT2D eigenvalue weighted by atomic mass is 9.86. The van der Waals surface area contributed by atoms with Gasteiger partial charge in [0, 0.05) is 11.6 Å². The molecule has 0 aliphatic carbocycles. The summed E-state index contributed by atoms with van der Waals surface area (Å²) in [7, 11) is 0. The van der Waals surface area contributed by atoms with Crippen LogP contribution in [0, 0.1) is 11.6 Å². The maximum Gasteiger partial charge on any atom is 0.328 e. The molecule has 2 aromatic carbocycles. The Hall–Kier alpha value is -3.29. The highest BCUT2D eigenvalue weighted by molar-refractivity contribution is 5.97. The van der Waals surface area contributed by atoms with Crippen LogP contribution in [0.25, 0.3) is 0 Å². The van der Waals surface area contributed by atoms with Gasteiger partial charge in [0.2, 0.25) is 0 Å². The smallest absolute Gasteiger partial charge is 0.328 e. The second-order valence-corrected chi connectivity index (χ2v) is 7.80. The Morgan fingerprint density at radius 2 is 1.67 bits per heavy atom. The molecule has 8 heteroatoms. The van der Waals surface area contributed by atoms with Crippen LogP contribution in [0.2, 0.25) is 0 Å². The minimum atomic E-state index is -1.00. The quantitative estimate of drug-likeness (QED) is 0.703. The predicted octanol–water partition coefficient (Wildman–Crippen LogP) is 3.56. The molecule has 0 spiro atoms. The molecule has 0 heterocycles. The molecule has 2 amide bonds. The Labute approximate surface area is 173 Å². The van der Waals surface area contributed by atoms with Gasteiger partial charge in [-0.3, -0.25) is 9.59 Å². The van der Waals surface area contributed by atoms with E-state index in [0.29, 0.717) is 11.6 Å². The average molecular weight is 418 g/mol. The molecule has 2 rings (SSSR count). The van der Waals surface area contributed by atoms with Crippen LogP contribution >= 0.6 is 0 Å². The van der Waals surface area contributed by atoms with E-state index in [1.807, 2.05) is 12.1 Å². The van der Waals surface area contributed by atoms with Crippen molar-refractivity contribution in [2.75, 3.05) is 11.9 Å². The third kappa shape index (κ3) is 6.37. The van der Waals surface area contributed by atoms with Gasteiger partial charge in [0.25, 0.3) is 11.8 Å². The molecule has 0 aliphatic rings. The number of ether oxygens (including phenoxy) is 1. The first-order valence-electron chi connectivity index (χ1n) is 9.30. The molecular formula is C22H24F2N2O4. The summed E-state index contributed by atoms with van der Waals surface area (Å²) in [4.78, 5) is 36.1. The number of amides is 2. The first-order chi connectivity index (χ1) is 14.0. The Kier molecular flexibility index (Phi) is 7.26. The third-order valence-corrected chi connectivity index (χ3v) is 4.27. The van der Waals surface area contributed by atoms with Gasteiger partial charge in [-0.2, -0.15) is 0 Å². The lowest BCUT2D eigenvalue weighted by Crippen LogP contribution is -2.40. The lowest BCUT2D eigenvalue weighted by Gasteiger charge is -2.19. The third-order valence-electron chi connectivity index (χ3n) is 4.27. The van der Waals surface area contributed by atoms with E-state index in [2.05, 4.69) is 31.4 Å². The van der Waals surface area contributed by atoms with E-state index in [4.69, 9.17) is 4.74 Å². The minimum Gasteiger partial charge on any atom is -0.454 e. The first kappa shape index (κ1) is 23.0.